The summed E-state index contributed by atoms with van der Waals surface area (Å²) in [5, 5.41) is 21.8. The van der Waals surface area contributed by atoms with Crippen LogP contribution < -0.4 is 10.1 Å². The number of amides is 1. The van der Waals surface area contributed by atoms with Gasteiger partial charge in [0.1, 0.15) is 22.6 Å². The van der Waals surface area contributed by atoms with E-state index in [0.29, 0.717) is 33.3 Å². The van der Waals surface area contributed by atoms with Crippen LogP contribution in [0.1, 0.15) is 33.5 Å². The van der Waals surface area contributed by atoms with Crippen molar-refractivity contribution in [3.8, 4) is 23.6 Å². The van der Waals surface area contributed by atoms with Crippen molar-refractivity contribution in [3.63, 3.8) is 0 Å². The Morgan fingerprint density at radius 2 is 1.69 bits per heavy atom. The second kappa shape index (κ2) is 10.00. The van der Waals surface area contributed by atoms with Crippen LogP contribution in [0.3, 0.4) is 0 Å². The zero-order valence-electron chi connectivity index (χ0n) is 18.3. The smallest absolute Gasteiger partial charge is 0.234 e. The Balaban J connectivity index is 1.64. The summed E-state index contributed by atoms with van der Waals surface area (Å²) in [6, 6.07) is 16.5. The van der Waals surface area contributed by atoms with Gasteiger partial charge in [-0.25, -0.2) is 4.98 Å². The van der Waals surface area contributed by atoms with E-state index in [1.807, 2.05) is 33.8 Å². The topological polar surface area (TPSA) is 98.8 Å². The van der Waals surface area contributed by atoms with Gasteiger partial charge >= 0.3 is 0 Å². The van der Waals surface area contributed by atoms with E-state index >= 15 is 0 Å². The van der Waals surface area contributed by atoms with E-state index < -0.39 is 0 Å². The molecule has 0 bridgehead atoms. The summed E-state index contributed by atoms with van der Waals surface area (Å²) in [7, 11) is 0. The van der Waals surface area contributed by atoms with Crippen LogP contribution >= 0.6 is 11.8 Å². The fourth-order valence-corrected chi connectivity index (χ4v) is 3.93. The summed E-state index contributed by atoms with van der Waals surface area (Å²) in [6.45, 7) is 7.63. The molecule has 1 amide bonds. The third-order valence-corrected chi connectivity index (χ3v) is 6.08. The fraction of sp³-hybridized carbons (Fsp3) is 0.200. The van der Waals surface area contributed by atoms with Gasteiger partial charge in [0.2, 0.25) is 5.91 Å². The van der Waals surface area contributed by atoms with Crippen LogP contribution in [0.2, 0.25) is 0 Å². The highest BCUT2D eigenvalue weighted by molar-refractivity contribution is 8.00. The predicted octanol–water partition coefficient (Wildman–Crippen LogP) is 5.58. The summed E-state index contributed by atoms with van der Waals surface area (Å²) < 4.78 is 5.82. The zero-order valence-corrected chi connectivity index (χ0v) is 19.1. The SMILES string of the molecule is Cc1cc(Oc2ccc(C#N)cc2)ccc1NC(=O)CSc1nc(C)c(C)c(C)c1C#N. The van der Waals surface area contributed by atoms with Crippen LogP contribution in [0.5, 0.6) is 11.5 Å². The number of nitriles is 2. The number of aryl methyl sites for hydroxylation is 2. The number of nitrogens with zero attached hydrogens (tertiary/aromatic N) is 3. The lowest BCUT2D eigenvalue weighted by Gasteiger charge is -2.13. The number of carbonyl (C=O) groups is 1. The highest BCUT2D eigenvalue weighted by atomic mass is 32.2. The summed E-state index contributed by atoms with van der Waals surface area (Å²) in [6.07, 6.45) is 0. The van der Waals surface area contributed by atoms with Gasteiger partial charge in [-0.3, -0.25) is 4.79 Å². The highest BCUT2D eigenvalue weighted by Gasteiger charge is 2.15. The van der Waals surface area contributed by atoms with Crippen LogP contribution in [-0.2, 0) is 4.79 Å². The molecule has 0 radical (unpaired) electrons. The molecular weight excluding hydrogens is 420 g/mol. The minimum Gasteiger partial charge on any atom is -0.457 e. The number of pyridine rings is 1. The number of hydrogen-bond acceptors (Lipinski definition) is 6. The third kappa shape index (κ3) is 5.26. The standard InChI is InChI=1S/C25H22N4O2S/c1-15-11-21(31-20-7-5-19(12-26)6-8-20)9-10-23(15)29-24(30)14-32-25-22(13-27)17(3)16(2)18(4)28-25/h5-11H,14H2,1-4H3,(H,29,30). The molecule has 1 N–H and O–H groups in total. The van der Waals surface area contributed by atoms with Gasteiger partial charge in [0.25, 0.3) is 0 Å². The first kappa shape index (κ1) is 22.9. The molecule has 0 spiro atoms. The summed E-state index contributed by atoms with van der Waals surface area (Å²) >= 11 is 1.26. The molecule has 2 aromatic carbocycles. The van der Waals surface area contributed by atoms with Crippen LogP contribution in [-0.4, -0.2) is 16.6 Å². The number of nitrogens with one attached hydrogen (secondary N) is 1. The van der Waals surface area contributed by atoms with Gasteiger partial charge in [-0.15, -0.1) is 0 Å². The minimum absolute atomic E-state index is 0.145. The van der Waals surface area contributed by atoms with E-state index in [4.69, 9.17) is 10.00 Å². The molecule has 7 heteroatoms. The van der Waals surface area contributed by atoms with Crippen molar-refractivity contribution in [2.45, 2.75) is 32.7 Å². The van der Waals surface area contributed by atoms with Crippen molar-refractivity contribution in [1.29, 1.82) is 10.5 Å². The molecule has 0 aliphatic rings. The van der Waals surface area contributed by atoms with Crippen molar-refractivity contribution in [2.75, 3.05) is 11.1 Å². The maximum atomic E-state index is 12.5. The molecule has 6 nitrogen and oxygen atoms in total. The Morgan fingerprint density at radius 1 is 1.00 bits per heavy atom. The van der Waals surface area contributed by atoms with Gasteiger partial charge in [0.05, 0.1) is 22.9 Å². The highest BCUT2D eigenvalue weighted by Crippen LogP contribution is 2.28. The van der Waals surface area contributed by atoms with E-state index in [2.05, 4.69) is 22.4 Å². The molecule has 0 aliphatic carbocycles. The molecule has 0 aliphatic heterocycles. The van der Waals surface area contributed by atoms with Gasteiger partial charge < -0.3 is 10.1 Å². The number of carbonyl (C=O) groups excluding carboxylic acids is 1. The van der Waals surface area contributed by atoms with Crippen LogP contribution in [0.15, 0.2) is 47.5 Å². The van der Waals surface area contributed by atoms with Crippen LogP contribution in [0, 0.1) is 50.4 Å². The normalized spacial score (nSPS) is 10.2. The second-order valence-electron chi connectivity index (χ2n) is 7.29. The molecule has 0 unspecified atom stereocenters. The third-order valence-electron chi connectivity index (χ3n) is 5.11. The lowest BCUT2D eigenvalue weighted by Crippen LogP contribution is -2.15. The van der Waals surface area contributed by atoms with E-state index in [-0.39, 0.29) is 11.7 Å². The molecule has 3 aromatic rings. The molecular formula is C25H22N4O2S. The van der Waals surface area contributed by atoms with Gasteiger partial charge in [-0.05, 0) is 86.8 Å². The quantitative estimate of drug-likeness (QED) is 0.500. The molecule has 3 rings (SSSR count). The van der Waals surface area contributed by atoms with Gasteiger partial charge in [-0.1, -0.05) is 11.8 Å². The van der Waals surface area contributed by atoms with Crippen molar-refractivity contribution in [1.82, 2.24) is 4.98 Å². The Bertz CT molecular complexity index is 1250. The molecule has 1 heterocycles. The zero-order chi connectivity index (χ0) is 23.3. The van der Waals surface area contributed by atoms with Gasteiger partial charge in [-0.2, -0.15) is 10.5 Å². The van der Waals surface area contributed by atoms with Crippen molar-refractivity contribution in [3.05, 3.63) is 76.0 Å². The Kier molecular flexibility index (Phi) is 7.14. The Hall–Kier alpha value is -3.81. The molecule has 0 atom stereocenters. The van der Waals surface area contributed by atoms with E-state index in [9.17, 15) is 10.1 Å². The first-order chi connectivity index (χ1) is 15.3. The fourth-order valence-electron chi connectivity index (χ4n) is 3.04. The first-order valence-electron chi connectivity index (χ1n) is 9.91. The summed E-state index contributed by atoms with van der Waals surface area (Å²) in [5.74, 6) is 1.22. The lowest BCUT2D eigenvalue weighted by molar-refractivity contribution is -0.113. The maximum absolute atomic E-state index is 12.5. The number of aromatic nitrogens is 1. The number of benzene rings is 2. The first-order valence-corrected chi connectivity index (χ1v) is 10.9. The van der Waals surface area contributed by atoms with Crippen molar-refractivity contribution in [2.24, 2.45) is 0 Å². The van der Waals surface area contributed by atoms with Gasteiger partial charge in [0, 0.05) is 11.4 Å². The Morgan fingerprint density at radius 3 is 2.31 bits per heavy atom. The monoisotopic (exact) mass is 442 g/mol. The summed E-state index contributed by atoms with van der Waals surface area (Å²) in [4.78, 5) is 17.0. The molecule has 0 saturated carbocycles. The minimum atomic E-state index is -0.180. The number of ether oxygens (including phenoxy) is 1. The average molecular weight is 443 g/mol. The molecule has 0 saturated heterocycles. The van der Waals surface area contributed by atoms with E-state index in [0.717, 1.165) is 22.4 Å². The molecule has 0 fully saturated rings. The van der Waals surface area contributed by atoms with Crippen molar-refractivity contribution >= 4 is 23.4 Å². The number of hydrogen-bond donors (Lipinski definition) is 1. The Labute approximate surface area is 191 Å². The summed E-state index contributed by atoms with van der Waals surface area (Å²) in [5.41, 5.74) is 5.38. The van der Waals surface area contributed by atoms with Gasteiger partial charge in [0.15, 0.2) is 0 Å². The molecule has 1 aromatic heterocycles. The molecule has 160 valence electrons. The number of anilines is 1. The van der Waals surface area contributed by atoms with Crippen molar-refractivity contribution < 1.29 is 9.53 Å². The second-order valence-corrected chi connectivity index (χ2v) is 8.26. The lowest BCUT2D eigenvalue weighted by atomic mass is 10.1. The average Bonchev–Trinajstić information content (AvgIpc) is 2.78. The van der Waals surface area contributed by atoms with E-state index in [1.165, 1.54) is 11.8 Å². The number of rotatable bonds is 6. The maximum Gasteiger partial charge on any atom is 0.234 e. The molecule has 32 heavy (non-hydrogen) atoms. The van der Waals surface area contributed by atoms with E-state index in [1.54, 1.807) is 36.4 Å². The predicted molar refractivity (Wildman–Crippen MR) is 125 cm³/mol. The van der Waals surface area contributed by atoms with Crippen LogP contribution in [0.4, 0.5) is 5.69 Å². The largest absolute Gasteiger partial charge is 0.457 e. The number of thioether (sulfide) groups is 1. The van der Waals surface area contributed by atoms with Crippen LogP contribution in [0.25, 0.3) is 0 Å².